The topological polar surface area (TPSA) is 51.8 Å². The SMILES string of the molecule is Cc1nc(N)c(-c2c(Cl)cccc2Br)nc1C. The van der Waals surface area contributed by atoms with Crippen LogP contribution in [0.3, 0.4) is 0 Å². The summed E-state index contributed by atoms with van der Waals surface area (Å²) >= 11 is 9.63. The number of hydrogen-bond donors (Lipinski definition) is 1. The van der Waals surface area contributed by atoms with Crippen molar-refractivity contribution in [2.45, 2.75) is 13.8 Å². The second-order valence-corrected chi connectivity index (χ2v) is 4.99. The summed E-state index contributed by atoms with van der Waals surface area (Å²) < 4.78 is 0.856. The average molecular weight is 313 g/mol. The maximum Gasteiger partial charge on any atom is 0.150 e. The van der Waals surface area contributed by atoms with Gasteiger partial charge in [0.15, 0.2) is 0 Å². The van der Waals surface area contributed by atoms with Gasteiger partial charge in [0.2, 0.25) is 0 Å². The van der Waals surface area contributed by atoms with E-state index in [1.165, 1.54) is 0 Å². The highest BCUT2D eigenvalue weighted by Crippen LogP contribution is 2.36. The summed E-state index contributed by atoms with van der Waals surface area (Å²) in [4.78, 5) is 8.73. The summed E-state index contributed by atoms with van der Waals surface area (Å²) in [7, 11) is 0. The average Bonchev–Trinajstić information content (AvgIpc) is 2.25. The lowest BCUT2D eigenvalue weighted by Gasteiger charge is -2.10. The van der Waals surface area contributed by atoms with Crippen LogP contribution < -0.4 is 5.73 Å². The zero-order valence-corrected chi connectivity index (χ0v) is 11.8. The van der Waals surface area contributed by atoms with Crippen LogP contribution in [0.4, 0.5) is 5.82 Å². The molecule has 1 heterocycles. The van der Waals surface area contributed by atoms with Gasteiger partial charge >= 0.3 is 0 Å². The molecule has 2 aromatic rings. The highest BCUT2D eigenvalue weighted by Gasteiger charge is 2.14. The molecule has 3 nitrogen and oxygen atoms in total. The Bertz CT molecular complexity index is 564. The molecule has 0 saturated carbocycles. The molecular formula is C12H11BrClN3. The third-order valence-electron chi connectivity index (χ3n) is 2.53. The van der Waals surface area contributed by atoms with Crippen molar-refractivity contribution >= 4 is 33.3 Å². The highest BCUT2D eigenvalue weighted by atomic mass is 79.9. The van der Waals surface area contributed by atoms with E-state index in [1.807, 2.05) is 26.0 Å². The van der Waals surface area contributed by atoms with Gasteiger partial charge in [-0.25, -0.2) is 9.97 Å². The third-order valence-corrected chi connectivity index (χ3v) is 3.51. The Morgan fingerprint density at radius 2 is 1.82 bits per heavy atom. The molecular weight excluding hydrogens is 302 g/mol. The zero-order chi connectivity index (χ0) is 12.6. The Morgan fingerprint density at radius 3 is 2.47 bits per heavy atom. The van der Waals surface area contributed by atoms with Crippen molar-refractivity contribution < 1.29 is 0 Å². The lowest BCUT2D eigenvalue weighted by atomic mass is 10.1. The normalized spacial score (nSPS) is 10.6. The summed E-state index contributed by atoms with van der Waals surface area (Å²) in [6.07, 6.45) is 0. The van der Waals surface area contributed by atoms with E-state index in [2.05, 4.69) is 25.9 Å². The van der Waals surface area contributed by atoms with Gasteiger partial charge in [-0.15, -0.1) is 0 Å². The van der Waals surface area contributed by atoms with Crippen molar-refractivity contribution in [3.63, 3.8) is 0 Å². The number of halogens is 2. The largest absolute Gasteiger partial charge is 0.382 e. The van der Waals surface area contributed by atoms with Gasteiger partial charge in [0.05, 0.1) is 16.4 Å². The van der Waals surface area contributed by atoms with Crippen molar-refractivity contribution in [3.8, 4) is 11.3 Å². The van der Waals surface area contributed by atoms with E-state index < -0.39 is 0 Å². The Kier molecular flexibility index (Phi) is 3.35. The molecule has 17 heavy (non-hydrogen) atoms. The van der Waals surface area contributed by atoms with Crippen LogP contribution >= 0.6 is 27.5 Å². The number of nitrogens with zero attached hydrogens (tertiary/aromatic N) is 2. The van der Waals surface area contributed by atoms with E-state index in [0.717, 1.165) is 21.4 Å². The molecule has 2 N–H and O–H groups in total. The van der Waals surface area contributed by atoms with E-state index in [1.54, 1.807) is 6.07 Å². The number of anilines is 1. The van der Waals surface area contributed by atoms with Crippen LogP contribution in [0.15, 0.2) is 22.7 Å². The van der Waals surface area contributed by atoms with E-state index in [4.69, 9.17) is 17.3 Å². The summed E-state index contributed by atoms with van der Waals surface area (Å²) in [5.74, 6) is 0.391. The van der Waals surface area contributed by atoms with Crippen molar-refractivity contribution in [2.24, 2.45) is 0 Å². The quantitative estimate of drug-likeness (QED) is 0.872. The fourth-order valence-corrected chi connectivity index (χ4v) is 2.46. The van der Waals surface area contributed by atoms with E-state index in [0.29, 0.717) is 16.5 Å². The first-order valence-corrected chi connectivity index (χ1v) is 6.23. The number of nitrogen functional groups attached to an aromatic ring is 1. The van der Waals surface area contributed by atoms with Crippen molar-refractivity contribution in [3.05, 3.63) is 39.1 Å². The second-order valence-electron chi connectivity index (χ2n) is 3.72. The number of hydrogen-bond acceptors (Lipinski definition) is 3. The van der Waals surface area contributed by atoms with Crippen LogP contribution in [-0.4, -0.2) is 9.97 Å². The maximum absolute atomic E-state index is 6.17. The fraction of sp³-hybridized carbons (Fsp3) is 0.167. The molecule has 1 aromatic carbocycles. The van der Waals surface area contributed by atoms with Crippen LogP contribution in [0.1, 0.15) is 11.4 Å². The standard InChI is InChI=1S/C12H11BrClN3/c1-6-7(2)17-12(15)11(16-6)10-8(13)4-3-5-9(10)14/h3-5H,1-2H3,(H2,15,17). The van der Waals surface area contributed by atoms with Crippen LogP contribution in [0.25, 0.3) is 11.3 Å². The van der Waals surface area contributed by atoms with Crippen LogP contribution in [0.2, 0.25) is 5.02 Å². The zero-order valence-electron chi connectivity index (χ0n) is 9.46. The van der Waals surface area contributed by atoms with Crippen molar-refractivity contribution in [2.75, 3.05) is 5.73 Å². The molecule has 0 atom stereocenters. The van der Waals surface area contributed by atoms with Gasteiger partial charge in [-0.3, -0.25) is 0 Å². The van der Waals surface area contributed by atoms with Crippen LogP contribution in [-0.2, 0) is 0 Å². The van der Waals surface area contributed by atoms with Crippen LogP contribution in [0, 0.1) is 13.8 Å². The first-order valence-electron chi connectivity index (χ1n) is 5.06. The molecule has 0 saturated heterocycles. The monoisotopic (exact) mass is 311 g/mol. The first kappa shape index (κ1) is 12.3. The van der Waals surface area contributed by atoms with Gasteiger partial charge in [-0.05, 0) is 26.0 Å². The minimum Gasteiger partial charge on any atom is -0.382 e. The van der Waals surface area contributed by atoms with Gasteiger partial charge in [-0.1, -0.05) is 33.6 Å². The Labute approximate surface area is 113 Å². The molecule has 2 rings (SSSR count). The molecule has 0 aliphatic rings. The molecule has 0 aliphatic heterocycles. The number of aromatic nitrogens is 2. The maximum atomic E-state index is 6.17. The first-order chi connectivity index (χ1) is 8.00. The Balaban J connectivity index is 2.73. The van der Waals surface area contributed by atoms with E-state index in [-0.39, 0.29) is 0 Å². The molecule has 0 fully saturated rings. The van der Waals surface area contributed by atoms with Gasteiger partial charge in [0.25, 0.3) is 0 Å². The number of rotatable bonds is 1. The number of nitrogens with two attached hydrogens (primary N) is 1. The van der Waals surface area contributed by atoms with Gasteiger partial charge < -0.3 is 5.73 Å². The predicted molar refractivity (Wildman–Crippen MR) is 74.1 cm³/mol. The highest BCUT2D eigenvalue weighted by molar-refractivity contribution is 9.10. The van der Waals surface area contributed by atoms with E-state index >= 15 is 0 Å². The molecule has 0 radical (unpaired) electrons. The van der Waals surface area contributed by atoms with Gasteiger partial charge in [-0.2, -0.15) is 0 Å². The Hall–Kier alpha value is -1.13. The summed E-state index contributed by atoms with van der Waals surface area (Å²) in [5.41, 5.74) is 8.98. The summed E-state index contributed by atoms with van der Waals surface area (Å²) in [5, 5.41) is 0.601. The molecule has 0 unspecified atom stereocenters. The lowest BCUT2D eigenvalue weighted by molar-refractivity contribution is 1.06. The minimum atomic E-state index is 0.391. The summed E-state index contributed by atoms with van der Waals surface area (Å²) in [6.45, 7) is 3.78. The van der Waals surface area contributed by atoms with Crippen molar-refractivity contribution in [1.29, 1.82) is 0 Å². The van der Waals surface area contributed by atoms with E-state index in [9.17, 15) is 0 Å². The third kappa shape index (κ3) is 2.28. The smallest absolute Gasteiger partial charge is 0.150 e. The predicted octanol–water partition coefficient (Wildman–Crippen LogP) is 3.76. The lowest BCUT2D eigenvalue weighted by Crippen LogP contribution is -2.02. The molecule has 0 spiro atoms. The summed E-state index contributed by atoms with van der Waals surface area (Å²) in [6, 6.07) is 5.57. The molecule has 0 aliphatic carbocycles. The molecule has 0 bridgehead atoms. The van der Waals surface area contributed by atoms with Crippen molar-refractivity contribution in [1.82, 2.24) is 9.97 Å². The molecule has 5 heteroatoms. The van der Waals surface area contributed by atoms with Gasteiger partial charge in [0, 0.05) is 10.0 Å². The second kappa shape index (κ2) is 4.63. The van der Waals surface area contributed by atoms with Gasteiger partial charge in [0.1, 0.15) is 11.5 Å². The molecule has 1 aromatic heterocycles. The van der Waals surface area contributed by atoms with Crippen LogP contribution in [0.5, 0.6) is 0 Å². The minimum absolute atomic E-state index is 0.391. The fourth-order valence-electron chi connectivity index (χ4n) is 1.53. The number of aryl methyl sites for hydroxylation is 2. The molecule has 0 amide bonds. The Morgan fingerprint density at radius 1 is 1.18 bits per heavy atom. The molecule has 88 valence electrons. The number of benzene rings is 1.